The number of hydrogen-bond donors (Lipinski definition) is 1. The molecule has 0 bridgehead atoms. The van der Waals surface area contributed by atoms with Gasteiger partial charge < -0.3 is 5.11 Å². The first kappa shape index (κ1) is 4.92. The van der Waals surface area contributed by atoms with Crippen molar-refractivity contribution in [2.75, 3.05) is 6.61 Å². The first-order valence-electron chi connectivity index (χ1n) is 1.53. The summed E-state index contributed by atoms with van der Waals surface area (Å²) in [6.45, 7) is 1.08. The van der Waals surface area contributed by atoms with Crippen LogP contribution < -0.4 is 0 Å². The second-order valence-electron chi connectivity index (χ2n) is 1.02. The Morgan fingerprint density at radius 3 is 2.20 bits per heavy atom. The zero-order valence-electron chi connectivity index (χ0n) is 3.14. The lowest BCUT2D eigenvalue weighted by Crippen LogP contribution is -2.02. The molecule has 1 atom stereocenters. The van der Waals surface area contributed by atoms with Crippen molar-refractivity contribution in [1.82, 2.24) is 0 Å². The van der Waals surface area contributed by atoms with Crippen molar-refractivity contribution in [3.63, 3.8) is 0 Å². The molecule has 2 heteroatoms. The molecule has 0 aromatic heterocycles. The van der Waals surface area contributed by atoms with E-state index in [1.807, 2.05) is 0 Å². The van der Waals surface area contributed by atoms with Crippen molar-refractivity contribution >= 4 is 0 Å². The van der Waals surface area contributed by atoms with Gasteiger partial charge >= 0.3 is 0 Å². The van der Waals surface area contributed by atoms with Crippen molar-refractivity contribution in [3.8, 4) is 0 Å². The van der Waals surface area contributed by atoms with Crippen LogP contribution in [0.15, 0.2) is 0 Å². The van der Waals surface area contributed by atoms with Gasteiger partial charge in [0.1, 0.15) is 6.61 Å². The molecular formula is C3H7O2. The Kier molecular flexibility index (Phi) is 2.14. The van der Waals surface area contributed by atoms with E-state index in [0.29, 0.717) is 0 Å². The zero-order chi connectivity index (χ0) is 4.28. The standard InChI is InChI=1S/C3H7O2/c1-3(5)2-4/h3,5H,2H2,1H3/t3-/m0/s1. The third-order valence-electron chi connectivity index (χ3n) is 0.241. The predicted molar refractivity (Wildman–Crippen MR) is 17.2 cm³/mol. The first-order valence-corrected chi connectivity index (χ1v) is 1.53. The maximum Gasteiger partial charge on any atom is 0.108 e. The van der Waals surface area contributed by atoms with Crippen LogP contribution in [0.1, 0.15) is 6.92 Å². The first-order chi connectivity index (χ1) is 2.27. The molecule has 0 aromatic carbocycles. The van der Waals surface area contributed by atoms with Gasteiger partial charge in [-0.25, -0.2) is 5.11 Å². The van der Waals surface area contributed by atoms with Crippen LogP contribution in [0, 0.1) is 0 Å². The minimum atomic E-state index is -0.671. The minimum absolute atomic E-state index is 0.389. The summed E-state index contributed by atoms with van der Waals surface area (Å²) >= 11 is 0. The average molecular weight is 75.1 g/mol. The Morgan fingerprint density at radius 2 is 2.20 bits per heavy atom. The van der Waals surface area contributed by atoms with Crippen molar-refractivity contribution < 1.29 is 10.2 Å². The summed E-state index contributed by atoms with van der Waals surface area (Å²) in [4.78, 5) is 0. The van der Waals surface area contributed by atoms with Gasteiger partial charge in [-0.05, 0) is 6.92 Å². The molecule has 0 rings (SSSR count). The fraction of sp³-hybridized carbons (Fsp3) is 1.00. The molecule has 0 aromatic rings. The molecular weight excluding hydrogens is 68.0 g/mol. The molecule has 0 aliphatic rings. The molecule has 0 unspecified atom stereocenters. The van der Waals surface area contributed by atoms with E-state index in [9.17, 15) is 5.11 Å². The van der Waals surface area contributed by atoms with Crippen LogP contribution in [0.5, 0.6) is 0 Å². The lowest BCUT2D eigenvalue weighted by molar-refractivity contribution is 0.0672. The highest BCUT2D eigenvalue weighted by molar-refractivity contribution is 4.33. The number of hydrogen-bond acceptors (Lipinski definition) is 1. The third-order valence-corrected chi connectivity index (χ3v) is 0.241. The number of aliphatic hydroxyl groups excluding tert-OH is 1. The molecule has 0 fully saturated rings. The Morgan fingerprint density at radius 1 is 2.00 bits per heavy atom. The van der Waals surface area contributed by atoms with Crippen LogP contribution in [-0.2, 0) is 5.11 Å². The van der Waals surface area contributed by atoms with E-state index >= 15 is 0 Å². The molecule has 0 saturated heterocycles. The second-order valence-corrected chi connectivity index (χ2v) is 1.02. The SMILES string of the molecule is C[C@H](O)C[O]. The van der Waals surface area contributed by atoms with Gasteiger partial charge in [0, 0.05) is 0 Å². The molecule has 1 radical (unpaired) electrons. The van der Waals surface area contributed by atoms with E-state index < -0.39 is 6.10 Å². The molecule has 0 saturated carbocycles. The van der Waals surface area contributed by atoms with Crippen LogP contribution in [0.25, 0.3) is 0 Å². The highest BCUT2D eigenvalue weighted by atomic mass is 16.3. The number of rotatable bonds is 1. The molecule has 1 N–H and O–H groups in total. The third kappa shape index (κ3) is 3.92. The van der Waals surface area contributed by atoms with Crippen LogP contribution in [-0.4, -0.2) is 17.8 Å². The number of aliphatic hydroxyl groups is 1. The van der Waals surface area contributed by atoms with E-state index in [1.54, 1.807) is 0 Å². The van der Waals surface area contributed by atoms with Gasteiger partial charge in [-0.3, -0.25) is 0 Å². The summed E-state index contributed by atoms with van der Waals surface area (Å²) in [5, 5.41) is 17.4. The summed E-state index contributed by atoms with van der Waals surface area (Å²) in [5.74, 6) is 0. The maximum absolute atomic E-state index is 9.38. The van der Waals surface area contributed by atoms with Crippen molar-refractivity contribution in [3.05, 3.63) is 0 Å². The minimum Gasteiger partial charge on any atom is -0.391 e. The van der Waals surface area contributed by atoms with Gasteiger partial charge in [0.05, 0.1) is 6.10 Å². The molecule has 0 amide bonds. The normalized spacial score (nSPS) is 15.0. The smallest absolute Gasteiger partial charge is 0.108 e. The van der Waals surface area contributed by atoms with Gasteiger partial charge in [0.25, 0.3) is 0 Å². The lowest BCUT2D eigenvalue weighted by atomic mass is 10.5. The van der Waals surface area contributed by atoms with Crippen LogP contribution in [0.3, 0.4) is 0 Å². The van der Waals surface area contributed by atoms with Crippen LogP contribution in [0.2, 0.25) is 0 Å². The monoisotopic (exact) mass is 75.0 g/mol. The van der Waals surface area contributed by atoms with Crippen molar-refractivity contribution in [2.24, 2.45) is 0 Å². The van der Waals surface area contributed by atoms with Gasteiger partial charge in [-0.15, -0.1) is 0 Å². The summed E-state index contributed by atoms with van der Waals surface area (Å²) < 4.78 is 0. The zero-order valence-corrected chi connectivity index (χ0v) is 3.14. The fourth-order valence-corrected chi connectivity index (χ4v) is 0. The fourth-order valence-electron chi connectivity index (χ4n) is 0. The van der Waals surface area contributed by atoms with Crippen molar-refractivity contribution in [2.45, 2.75) is 13.0 Å². The average Bonchev–Trinajstić information content (AvgIpc) is 1.38. The van der Waals surface area contributed by atoms with Crippen LogP contribution >= 0.6 is 0 Å². The summed E-state index contributed by atoms with van der Waals surface area (Å²) in [6, 6.07) is 0. The van der Waals surface area contributed by atoms with Gasteiger partial charge in [-0.2, -0.15) is 0 Å². The Balaban J connectivity index is 2.54. The maximum atomic E-state index is 9.38. The molecule has 0 heterocycles. The summed E-state index contributed by atoms with van der Waals surface area (Å²) in [6.07, 6.45) is -0.671. The van der Waals surface area contributed by atoms with E-state index in [1.165, 1.54) is 6.92 Å². The molecule has 5 heavy (non-hydrogen) atoms. The Hall–Kier alpha value is -0.0800. The molecule has 0 spiro atoms. The topological polar surface area (TPSA) is 40.1 Å². The Labute approximate surface area is 31.1 Å². The van der Waals surface area contributed by atoms with Gasteiger partial charge in [0.2, 0.25) is 0 Å². The Bertz CT molecular complexity index is 18.9. The van der Waals surface area contributed by atoms with Gasteiger partial charge in [-0.1, -0.05) is 0 Å². The lowest BCUT2D eigenvalue weighted by Gasteiger charge is -1.87. The predicted octanol–water partition coefficient (Wildman–Crippen LogP) is -0.202. The summed E-state index contributed by atoms with van der Waals surface area (Å²) in [7, 11) is 0. The van der Waals surface area contributed by atoms with E-state index in [2.05, 4.69) is 0 Å². The molecule has 0 aliphatic carbocycles. The molecule has 0 aliphatic heterocycles. The quantitative estimate of drug-likeness (QED) is 0.460. The highest BCUT2D eigenvalue weighted by Crippen LogP contribution is 1.69. The van der Waals surface area contributed by atoms with E-state index in [4.69, 9.17) is 5.11 Å². The molecule has 2 nitrogen and oxygen atoms in total. The van der Waals surface area contributed by atoms with E-state index in [-0.39, 0.29) is 6.61 Å². The second kappa shape index (κ2) is 2.18. The largest absolute Gasteiger partial charge is 0.391 e. The van der Waals surface area contributed by atoms with E-state index in [0.717, 1.165) is 0 Å². The van der Waals surface area contributed by atoms with Gasteiger partial charge in [0.15, 0.2) is 0 Å². The molecule has 31 valence electrons. The summed E-state index contributed by atoms with van der Waals surface area (Å²) in [5.41, 5.74) is 0. The highest BCUT2D eigenvalue weighted by Gasteiger charge is 1.85. The van der Waals surface area contributed by atoms with Crippen LogP contribution in [0.4, 0.5) is 0 Å². The van der Waals surface area contributed by atoms with Crippen molar-refractivity contribution in [1.29, 1.82) is 0 Å².